The Bertz CT molecular complexity index is 604. The number of ether oxygens (including phenoxy) is 1. The van der Waals surface area contributed by atoms with Crippen LogP contribution in [0.2, 0.25) is 0 Å². The van der Waals surface area contributed by atoms with Gasteiger partial charge < -0.3 is 10.1 Å². The molecule has 0 saturated heterocycles. The number of rotatable bonds is 5. The minimum atomic E-state index is 0.284. The Kier molecular flexibility index (Phi) is 5.43. The van der Waals surface area contributed by atoms with E-state index in [9.17, 15) is 0 Å². The molecule has 2 aromatic rings. The van der Waals surface area contributed by atoms with Crippen LogP contribution in [0.25, 0.3) is 0 Å². The summed E-state index contributed by atoms with van der Waals surface area (Å²) in [5.74, 6) is 0.892. The van der Waals surface area contributed by atoms with Gasteiger partial charge in [0.15, 0.2) is 0 Å². The second kappa shape index (κ2) is 7.10. The Balaban J connectivity index is 2.30. The lowest BCUT2D eigenvalue weighted by atomic mass is 9.96. The normalized spacial score (nSPS) is 12.2. The molecule has 2 aromatic carbocycles. The summed E-state index contributed by atoms with van der Waals surface area (Å²) in [6, 6.07) is 13.1. The lowest BCUT2D eigenvalue weighted by Gasteiger charge is -2.19. The maximum atomic E-state index is 5.33. The van der Waals surface area contributed by atoms with E-state index in [0.29, 0.717) is 0 Å². The number of halogens is 1. The summed E-state index contributed by atoms with van der Waals surface area (Å²) in [6.45, 7) is 4.29. The third-order valence-corrected chi connectivity index (χ3v) is 4.45. The highest BCUT2D eigenvalue weighted by Crippen LogP contribution is 2.28. The first-order valence-corrected chi connectivity index (χ1v) is 7.90. The van der Waals surface area contributed by atoms with Gasteiger partial charge in [0.1, 0.15) is 5.75 Å². The molecule has 3 heteroatoms. The first kappa shape index (κ1) is 16.1. The number of hydrogen-bond donors (Lipinski definition) is 1. The predicted octanol–water partition coefficient (Wildman–Crippen LogP) is 4.58. The van der Waals surface area contributed by atoms with Crippen LogP contribution in [0.4, 0.5) is 0 Å². The molecule has 0 fully saturated rings. The van der Waals surface area contributed by atoms with Gasteiger partial charge in [-0.15, -0.1) is 0 Å². The Labute approximate surface area is 135 Å². The lowest BCUT2D eigenvalue weighted by molar-refractivity contribution is 0.414. The first-order valence-electron chi connectivity index (χ1n) is 7.11. The topological polar surface area (TPSA) is 21.3 Å². The van der Waals surface area contributed by atoms with Crippen molar-refractivity contribution in [2.75, 3.05) is 14.2 Å². The Morgan fingerprint density at radius 1 is 1.10 bits per heavy atom. The molecular weight excluding hydrogens is 326 g/mol. The van der Waals surface area contributed by atoms with Gasteiger partial charge in [-0.2, -0.15) is 0 Å². The SMILES string of the molecule is CNC(Cc1cc(OC)ccc1Br)c1cc(C)cc(C)c1. The van der Waals surface area contributed by atoms with E-state index in [-0.39, 0.29) is 6.04 Å². The van der Waals surface area contributed by atoms with E-state index in [1.54, 1.807) is 7.11 Å². The van der Waals surface area contributed by atoms with Gasteiger partial charge >= 0.3 is 0 Å². The molecular formula is C18H22BrNO. The number of aryl methyl sites for hydroxylation is 2. The van der Waals surface area contributed by atoms with Crippen LogP contribution in [0, 0.1) is 13.8 Å². The van der Waals surface area contributed by atoms with Crippen molar-refractivity contribution in [2.45, 2.75) is 26.3 Å². The maximum absolute atomic E-state index is 5.33. The summed E-state index contributed by atoms with van der Waals surface area (Å²) in [6.07, 6.45) is 0.914. The van der Waals surface area contributed by atoms with E-state index < -0.39 is 0 Å². The fourth-order valence-corrected chi connectivity index (χ4v) is 3.06. The maximum Gasteiger partial charge on any atom is 0.119 e. The van der Waals surface area contributed by atoms with Gasteiger partial charge in [0, 0.05) is 10.5 Å². The van der Waals surface area contributed by atoms with Gasteiger partial charge in [-0.25, -0.2) is 0 Å². The fourth-order valence-electron chi connectivity index (χ4n) is 2.65. The van der Waals surface area contributed by atoms with Crippen LogP contribution >= 0.6 is 15.9 Å². The average Bonchev–Trinajstić information content (AvgIpc) is 2.45. The highest BCUT2D eigenvalue weighted by Gasteiger charge is 2.13. The molecule has 0 aromatic heterocycles. The molecule has 1 N–H and O–H groups in total. The molecule has 0 saturated carbocycles. The summed E-state index contributed by atoms with van der Waals surface area (Å²) in [7, 11) is 3.71. The van der Waals surface area contributed by atoms with Crippen molar-refractivity contribution in [2.24, 2.45) is 0 Å². The smallest absolute Gasteiger partial charge is 0.119 e. The van der Waals surface area contributed by atoms with Crippen molar-refractivity contribution in [3.05, 3.63) is 63.1 Å². The number of benzene rings is 2. The molecule has 0 aliphatic heterocycles. The van der Waals surface area contributed by atoms with Gasteiger partial charge in [0.25, 0.3) is 0 Å². The second-order valence-electron chi connectivity index (χ2n) is 5.42. The molecule has 0 spiro atoms. The molecule has 21 heavy (non-hydrogen) atoms. The molecule has 0 heterocycles. The number of likely N-dealkylation sites (N-methyl/N-ethyl adjacent to an activating group) is 1. The third-order valence-electron chi connectivity index (χ3n) is 3.67. The summed E-state index contributed by atoms with van der Waals surface area (Å²) in [5, 5.41) is 3.42. The monoisotopic (exact) mass is 347 g/mol. The third kappa shape index (κ3) is 4.08. The second-order valence-corrected chi connectivity index (χ2v) is 6.28. The van der Waals surface area contributed by atoms with Crippen molar-refractivity contribution in [1.82, 2.24) is 5.32 Å². The van der Waals surface area contributed by atoms with Crippen molar-refractivity contribution < 1.29 is 4.74 Å². The quantitative estimate of drug-likeness (QED) is 0.854. The lowest BCUT2D eigenvalue weighted by Crippen LogP contribution is -2.19. The molecule has 0 radical (unpaired) electrons. The zero-order valence-corrected chi connectivity index (χ0v) is 14.6. The first-order chi connectivity index (χ1) is 10.0. The highest BCUT2D eigenvalue weighted by atomic mass is 79.9. The number of nitrogens with one attached hydrogen (secondary N) is 1. The predicted molar refractivity (Wildman–Crippen MR) is 92.1 cm³/mol. The van der Waals surface area contributed by atoms with E-state index in [1.165, 1.54) is 22.3 Å². The van der Waals surface area contributed by atoms with E-state index >= 15 is 0 Å². The minimum Gasteiger partial charge on any atom is -0.497 e. The van der Waals surface area contributed by atoms with E-state index in [4.69, 9.17) is 4.74 Å². The number of methoxy groups -OCH3 is 1. The Morgan fingerprint density at radius 3 is 2.33 bits per heavy atom. The molecule has 1 atom stereocenters. The molecule has 0 bridgehead atoms. The molecule has 2 rings (SSSR count). The molecule has 0 amide bonds. The van der Waals surface area contributed by atoms with Crippen molar-refractivity contribution >= 4 is 15.9 Å². The largest absolute Gasteiger partial charge is 0.497 e. The van der Waals surface area contributed by atoms with Crippen molar-refractivity contribution in [3.63, 3.8) is 0 Å². The molecule has 1 unspecified atom stereocenters. The van der Waals surface area contributed by atoms with Crippen LogP contribution in [-0.2, 0) is 6.42 Å². The van der Waals surface area contributed by atoms with Gasteiger partial charge in [-0.05, 0) is 56.6 Å². The molecule has 2 nitrogen and oxygen atoms in total. The standard InChI is InChI=1S/C18H22BrNO/c1-12-7-13(2)9-15(8-12)18(20-3)11-14-10-16(21-4)5-6-17(14)19/h5-10,18,20H,11H2,1-4H3. The molecule has 112 valence electrons. The van der Waals surface area contributed by atoms with Crippen LogP contribution in [0.1, 0.15) is 28.3 Å². The van der Waals surface area contributed by atoms with E-state index in [0.717, 1.165) is 16.6 Å². The van der Waals surface area contributed by atoms with E-state index in [2.05, 4.69) is 59.4 Å². The van der Waals surface area contributed by atoms with Crippen LogP contribution in [-0.4, -0.2) is 14.2 Å². The summed E-state index contributed by atoms with van der Waals surface area (Å²) < 4.78 is 6.45. The Morgan fingerprint density at radius 2 is 1.76 bits per heavy atom. The van der Waals surface area contributed by atoms with Gasteiger partial charge in [-0.1, -0.05) is 45.3 Å². The highest BCUT2D eigenvalue weighted by molar-refractivity contribution is 9.10. The number of hydrogen-bond acceptors (Lipinski definition) is 2. The van der Waals surface area contributed by atoms with Crippen molar-refractivity contribution in [3.8, 4) is 5.75 Å². The zero-order valence-electron chi connectivity index (χ0n) is 13.0. The average molecular weight is 348 g/mol. The van der Waals surface area contributed by atoms with Crippen LogP contribution in [0.15, 0.2) is 40.9 Å². The van der Waals surface area contributed by atoms with Crippen LogP contribution < -0.4 is 10.1 Å². The van der Waals surface area contributed by atoms with Crippen molar-refractivity contribution in [1.29, 1.82) is 0 Å². The summed E-state index contributed by atoms with van der Waals surface area (Å²) >= 11 is 3.64. The molecule has 0 aliphatic rings. The summed E-state index contributed by atoms with van der Waals surface area (Å²) in [5.41, 5.74) is 5.17. The van der Waals surface area contributed by atoms with Crippen LogP contribution in [0.3, 0.4) is 0 Å². The van der Waals surface area contributed by atoms with Gasteiger partial charge in [0.05, 0.1) is 7.11 Å². The fraction of sp³-hybridized carbons (Fsp3) is 0.333. The minimum absolute atomic E-state index is 0.284. The zero-order chi connectivity index (χ0) is 15.4. The molecule has 0 aliphatic carbocycles. The van der Waals surface area contributed by atoms with E-state index in [1.807, 2.05) is 19.2 Å². The van der Waals surface area contributed by atoms with Gasteiger partial charge in [-0.3, -0.25) is 0 Å². The van der Waals surface area contributed by atoms with Gasteiger partial charge in [0.2, 0.25) is 0 Å². The van der Waals surface area contributed by atoms with Crippen LogP contribution in [0.5, 0.6) is 5.75 Å². The Hall–Kier alpha value is -1.32. The summed E-state index contributed by atoms with van der Waals surface area (Å²) in [4.78, 5) is 0.